The SMILES string of the molecule is N#Cc1ccc(Cl)c(-n2ccc3c2CCCC3O)c1. The molecule has 0 bridgehead atoms. The molecular formula is C15H13ClN2O. The molecule has 0 fully saturated rings. The first-order valence-corrected chi connectivity index (χ1v) is 6.66. The molecule has 1 unspecified atom stereocenters. The van der Waals surface area contributed by atoms with Crippen LogP contribution in [0.25, 0.3) is 5.69 Å². The highest BCUT2D eigenvalue weighted by Gasteiger charge is 2.22. The summed E-state index contributed by atoms with van der Waals surface area (Å²) in [5, 5.41) is 19.6. The maximum atomic E-state index is 9.99. The molecule has 1 aliphatic carbocycles. The molecule has 0 amide bonds. The fraction of sp³-hybridized carbons (Fsp3) is 0.267. The third kappa shape index (κ3) is 2.03. The van der Waals surface area contributed by atoms with Gasteiger partial charge in [0.25, 0.3) is 0 Å². The number of fused-ring (bicyclic) bond motifs is 1. The summed E-state index contributed by atoms with van der Waals surface area (Å²) in [5.74, 6) is 0. The fourth-order valence-corrected chi connectivity index (χ4v) is 2.87. The molecule has 0 saturated carbocycles. The van der Waals surface area contributed by atoms with E-state index in [0.717, 1.165) is 36.2 Å². The van der Waals surface area contributed by atoms with Gasteiger partial charge in [-0.05, 0) is 43.5 Å². The van der Waals surface area contributed by atoms with Gasteiger partial charge in [0.1, 0.15) is 0 Å². The Balaban J connectivity index is 2.16. The lowest BCUT2D eigenvalue weighted by Gasteiger charge is -2.20. The van der Waals surface area contributed by atoms with Crippen LogP contribution >= 0.6 is 11.6 Å². The Morgan fingerprint density at radius 3 is 3.00 bits per heavy atom. The van der Waals surface area contributed by atoms with Gasteiger partial charge in [-0.25, -0.2) is 0 Å². The first kappa shape index (κ1) is 12.3. The Morgan fingerprint density at radius 1 is 1.37 bits per heavy atom. The van der Waals surface area contributed by atoms with Crippen molar-refractivity contribution in [1.29, 1.82) is 5.26 Å². The molecule has 1 aromatic carbocycles. The summed E-state index contributed by atoms with van der Waals surface area (Å²) in [4.78, 5) is 0. The van der Waals surface area contributed by atoms with E-state index in [9.17, 15) is 5.11 Å². The molecule has 0 radical (unpaired) electrons. The van der Waals surface area contributed by atoms with Crippen LogP contribution in [0.5, 0.6) is 0 Å². The first-order valence-electron chi connectivity index (χ1n) is 6.29. The molecule has 0 saturated heterocycles. The van der Waals surface area contributed by atoms with Crippen LogP contribution < -0.4 is 0 Å². The standard InChI is InChI=1S/C15H13ClN2O/c16-12-5-4-10(9-17)8-14(12)18-7-6-11-13(18)2-1-3-15(11)19/h4-8,15,19H,1-3H2. The van der Waals surface area contributed by atoms with Gasteiger partial charge in [-0.2, -0.15) is 5.26 Å². The first-order chi connectivity index (χ1) is 9.20. The van der Waals surface area contributed by atoms with Crippen LogP contribution in [0.2, 0.25) is 5.02 Å². The molecule has 1 heterocycles. The summed E-state index contributed by atoms with van der Waals surface area (Å²) in [5.41, 5.74) is 3.45. The minimum atomic E-state index is -0.386. The molecule has 1 atom stereocenters. The second kappa shape index (κ2) is 4.73. The molecule has 19 heavy (non-hydrogen) atoms. The molecule has 0 aliphatic heterocycles. The largest absolute Gasteiger partial charge is 0.388 e. The lowest BCUT2D eigenvalue weighted by molar-refractivity contribution is 0.156. The summed E-state index contributed by atoms with van der Waals surface area (Å²) in [7, 11) is 0. The van der Waals surface area contributed by atoms with Crippen molar-refractivity contribution < 1.29 is 5.11 Å². The maximum absolute atomic E-state index is 9.99. The highest BCUT2D eigenvalue weighted by atomic mass is 35.5. The Bertz CT molecular complexity index is 669. The lowest BCUT2D eigenvalue weighted by Crippen LogP contribution is -2.11. The van der Waals surface area contributed by atoms with Gasteiger partial charge >= 0.3 is 0 Å². The van der Waals surface area contributed by atoms with Crippen molar-refractivity contribution in [1.82, 2.24) is 4.57 Å². The third-order valence-corrected chi connectivity index (χ3v) is 3.93. The van der Waals surface area contributed by atoms with E-state index in [2.05, 4.69) is 6.07 Å². The highest BCUT2D eigenvalue weighted by molar-refractivity contribution is 6.32. The summed E-state index contributed by atoms with van der Waals surface area (Å²) in [6, 6.07) is 9.29. The van der Waals surface area contributed by atoms with E-state index >= 15 is 0 Å². The van der Waals surface area contributed by atoms with E-state index in [-0.39, 0.29) is 6.10 Å². The maximum Gasteiger partial charge on any atom is 0.0992 e. The van der Waals surface area contributed by atoms with E-state index in [1.165, 1.54) is 0 Å². The number of benzene rings is 1. The zero-order valence-corrected chi connectivity index (χ0v) is 11.1. The number of hydrogen-bond donors (Lipinski definition) is 1. The Hall–Kier alpha value is -1.76. The summed E-state index contributed by atoms with van der Waals surface area (Å²) in [6.07, 6.45) is 4.23. The average Bonchev–Trinajstić information content (AvgIpc) is 2.85. The number of aliphatic hydroxyl groups excluding tert-OH is 1. The van der Waals surface area contributed by atoms with Crippen molar-refractivity contribution in [3.8, 4) is 11.8 Å². The molecule has 0 spiro atoms. The second-order valence-electron chi connectivity index (χ2n) is 4.77. The van der Waals surface area contributed by atoms with Crippen LogP contribution in [-0.4, -0.2) is 9.67 Å². The van der Waals surface area contributed by atoms with Gasteiger partial charge in [-0.1, -0.05) is 11.6 Å². The predicted molar refractivity (Wildman–Crippen MR) is 73.4 cm³/mol. The van der Waals surface area contributed by atoms with Crippen molar-refractivity contribution in [2.24, 2.45) is 0 Å². The number of halogens is 1. The number of aliphatic hydroxyl groups is 1. The Labute approximate surface area is 116 Å². The number of hydrogen-bond acceptors (Lipinski definition) is 2. The monoisotopic (exact) mass is 272 g/mol. The summed E-state index contributed by atoms with van der Waals surface area (Å²) < 4.78 is 1.99. The summed E-state index contributed by atoms with van der Waals surface area (Å²) in [6.45, 7) is 0. The molecule has 4 heteroatoms. The van der Waals surface area contributed by atoms with E-state index in [4.69, 9.17) is 16.9 Å². The number of nitriles is 1. The van der Waals surface area contributed by atoms with E-state index in [0.29, 0.717) is 10.6 Å². The van der Waals surface area contributed by atoms with Crippen LogP contribution in [0, 0.1) is 11.3 Å². The van der Waals surface area contributed by atoms with Crippen molar-refractivity contribution in [3.63, 3.8) is 0 Å². The zero-order chi connectivity index (χ0) is 13.4. The van der Waals surface area contributed by atoms with E-state index in [1.807, 2.05) is 16.8 Å². The minimum absolute atomic E-state index is 0.386. The molecular weight excluding hydrogens is 260 g/mol. The van der Waals surface area contributed by atoms with Crippen LogP contribution in [0.15, 0.2) is 30.5 Å². The van der Waals surface area contributed by atoms with E-state index < -0.39 is 0 Å². The quantitative estimate of drug-likeness (QED) is 0.865. The fourth-order valence-electron chi connectivity index (χ4n) is 2.66. The van der Waals surface area contributed by atoms with Crippen molar-refractivity contribution in [3.05, 3.63) is 52.3 Å². The molecule has 96 valence electrons. The third-order valence-electron chi connectivity index (χ3n) is 3.61. The molecule has 3 rings (SSSR count). The van der Waals surface area contributed by atoms with Gasteiger partial charge in [0.15, 0.2) is 0 Å². The van der Waals surface area contributed by atoms with Gasteiger partial charge in [-0.3, -0.25) is 0 Å². The van der Waals surface area contributed by atoms with Gasteiger partial charge < -0.3 is 9.67 Å². The molecule has 1 aliphatic rings. The molecule has 1 aromatic heterocycles. The van der Waals surface area contributed by atoms with E-state index in [1.54, 1.807) is 18.2 Å². The number of aromatic nitrogens is 1. The second-order valence-corrected chi connectivity index (χ2v) is 5.18. The van der Waals surface area contributed by atoms with Crippen LogP contribution in [0.3, 0.4) is 0 Å². The van der Waals surface area contributed by atoms with Crippen molar-refractivity contribution in [2.75, 3.05) is 0 Å². The smallest absolute Gasteiger partial charge is 0.0992 e. The Kier molecular flexibility index (Phi) is 3.06. The van der Waals surface area contributed by atoms with Crippen molar-refractivity contribution in [2.45, 2.75) is 25.4 Å². The predicted octanol–water partition coefficient (Wildman–Crippen LogP) is 3.37. The molecule has 1 N–H and O–H groups in total. The number of nitrogens with zero attached hydrogens (tertiary/aromatic N) is 2. The molecule has 3 nitrogen and oxygen atoms in total. The Morgan fingerprint density at radius 2 is 2.21 bits per heavy atom. The topological polar surface area (TPSA) is 49.0 Å². The van der Waals surface area contributed by atoms with Gasteiger partial charge in [0.05, 0.1) is 28.4 Å². The minimum Gasteiger partial charge on any atom is -0.388 e. The van der Waals surface area contributed by atoms with Crippen LogP contribution in [0.1, 0.15) is 35.8 Å². The normalized spacial score (nSPS) is 17.8. The highest BCUT2D eigenvalue weighted by Crippen LogP contribution is 2.33. The molecule has 2 aromatic rings. The van der Waals surface area contributed by atoms with Crippen LogP contribution in [-0.2, 0) is 6.42 Å². The number of rotatable bonds is 1. The van der Waals surface area contributed by atoms with Gasteiger partial charge in [0, 0.05) is 17.5 Å². The van der Waals surface area contributed by atoms with Gasteiger partial charge in [-0.15, -0.1) is 0 Å². The lowest BCUT2D eigenvalue weighted by atomic mass is 9.95. The van der Waals surface area contributed by atoms with Crippen molar-refractivity contribution >= 4 is 11.6 Å². The summed E-state index contributed by atoms with van der Waals surface area (Å²) >= 11 is 6.23. The average molecular weight is 273 g/mol. The zero-order valence-electron chi connectivity index (χ0n) is 10.3. The van der Waals surface area contributed by atoms with Gasteiger partial charge in [0.2, 0.25) is 0 Å². The van der Waals surface area contributed by atoms with Crippen LogP contribution in [0.4, 0.5) is 0 Å².